The summed E-state index contributed by atoms with van der Waals surface area (Å²) in [6, 6.07) is 0. The minimum absolute atomic E-state index is 0.166. The molecule has 0 aliphatic carbocycles. The topological polar surface area (TPSA) is 46.5 Å². The Morgan fingerprint density at radius 3 is 2.80 bits per heavy atom. The maximum Gasteiger partial charge on any atom is 0.201 e. The Kier molecular flexibility index (Phi) is 2.36. The molecule has 1 aliphatic heterocycles. The molecule has 1 rings (SSSR count). The van der Waals surface area contributed by atoms with Crippen LogP contribution >= 0.6 is 11.8 Å². The van der Waals surface area contributed by atoms with E-state index >= 15 is 0 Å². The summed E-state index contributed by atoms with van der Waals surface area (Å²) in [6.45, 7) is 2.29. The van der Waals surface area contributed by atoms with Crippen molar-refractivity contribution < 1.29 is 8.42 Å². The monoisotopic (exact) mass is 179 g/mol. The molecule has 1 heterocycles. The largest absolute Gasteiger partial charge is 0.267 e. The van der Waals surface area contributed by atoms with Gasteiger partial charge in [-0.1, -0.05) is 18.7 Å². The van der Waals surface area contributed by atoms with E-state index in [9.17, 15) is 8.42 Å². The van der Waals surface area contributed by atoms with Gasteiger partial charge in [0.1, 0.15) is 0 Å². The molecule has 3 nitrogen and oxygen atoms in total. The highest BCUT2D eigenvalue weighted by Gasteiger charge is 2.20. The Labute approximate surface area is 64.8 Å². The molecular weight excluding hydrogens is 170 g/mol. The zero-order valence-corrected chi connectivity index (χ0v) is 7.33. The van der Waals surface area contributed by atoms with E-state index in [2.05, 4.69) is 4.99 Å². The minimum Gasteiger partial charge on any atom is -0.267 e. The van der Waals surface area contributed by atoms with E-state index in [1.165, 1.54) is 11.8 Å². The van der Waals surface area contributed by atoms with Gasteiger partial charge in [0.25, 0.3) is 0 Å². The van der Waals surface area contributed by atoms with Crippen molar-refractivity contribution in [1.82, 2.24) is 0 Å². The number of rotatable bonds is 1. The third-order valence-electron chi connectivity index (χ3n) is 1.20. The van der Waals surface area contributed by atoms with E-state index < -0.39 is 9.84 Å². The maximum atomic E-state index is 11.0. The Hall–Kier alpha value is -0.0300. The van der Waals surface area contributed by atoms with Gasteiger partial charge in [0.15, 0.2) is 4.38 Å². The third kappa shape index (κ3) is 1.52. The number of thioether (sulfide) groups is 1. The van der Waals surface area contributed by atoms with Crippen molar-refractivity contribution in [2.24, 2.45) is 4.99 Å². The van der Waals surface area contributed by atoms with Crippen molar-refractivity contribution in [3.63, 3.8) is 0 Å². The molecule has 0 aromatic carbocycles. The van der Waals surface area contributed by atoms with Gasteiger partial charge in [-0.05, 0) is 0 Å². The standard InChI is InChI=1S/C5H9NO2S2/c1-2-10(7,8)5-6-3-4-9-5/h2-4H2,1H3. The van der Waals surface area contributed by atoms with Crippen LogP contribution in [0.1, 0.15) is 6.92 Å². The van der Waals surface area contributed by atoms with Gasteiger partial charge < -0.3 is 0 Å². The second-order valence-electron chi connectivity index (χ2n) is 1.90. The van der Waals surface area contributed by atoms with Crippen LogP contribution in [0.4, 0.5) is 0 Å². The van der Waals surface area contributed by atoms with Gasteiger partial charge in [-0.2, -0.15) is 0 Å². The van der Waals surface area contributed by atoms with Crippen LogP contribution in [0, 0.1) is 0 Å². The Morgan fingerprint density at radius 2 is 2.40 bits per heavy atom. The summed E-state index contributed by atoms with van der Waals surface area (Å²) in [5, 5.41) is 0. The average molecular weight is 179 g/mol. The molecule has 0 spiro atoms. The lowest BCUT2D eigenvalue weighted by atomic mass is 10.8. The second-order valence-corrected chi connectivity index (χ2v) is 5.44. The first-order valence-corrected chi connectivity index (χ1v) is 5.70. The lowest BCUT2D eigenvalue weighted by molar-refractivity contribution is 0.609. The number of sulfone groups is 1. The summed E-state index contributed by atoms with van der Waals surface area (Å²) in [7, 11) is -2.98. The molecule has 5 heteroatoms. The van der Waals surface area contributed by atoms with Gasteiger partial charge in [0.05, 0.1) is 12.3 Å². The van der Waals surface area contributed by atoms with Crippen LogP contribution in [0.5, 0.6) is 0 Å². The molecule has 0 N–H and O–H groups in total. The quantitative estimate of drug-likeness (QED) is 0.589. The van der Waals surface area contributed by atoms with Crippen molar-refractivity contribution >= 4 is 26.0 Å². The predicted molar refractivity (Wildman–Crippen MR) is 44.2 cm³/mol. The lowest BCUT2D eigenvalue weighted by Gasteiger charge is -1.95. The molecule has 0 aromatic heterocycles. The fourth-order valence-electron chi connectivity index (χ4n) is 0.627. The second kappa shape index (κ2) is 2.92. The number of nitrogens with zero attached hydrogens (tertiary/aromatic N) is 1. The molecule has 0 radical (unpaired) electrons. The van der Waals surface area contributed by atoms with Crippen molar-refractivity contribution in [3.8, 4) is 0 Å². The number of hydrogen-bond donors (Lipinski definition) is 0. The van der Waals surface area contributed by atoms with Gasteiger partial charge >= 0.3 is 0 Å². The first-order chi connectivity index (χ1) is 4.67. The van der Waals surface area contributed by atoms with Crippen molar-refractivity contribution in [2.75, 3.05) is 18.1 Å². The van der Waals surface area contributed by atoms with E-state index in [1.807, 2.05) is 0 Å². The zero-order chi connectivity index (χ0) is 7.61. The highest BCUT2D eigenvalue weighted by atomic mass is 32.3. The van der Waals surface area contributed by atoms with Crippen molar-refractivity contribution in [3.05, 3.63) is 0 Å². The van der Waals surface area contributed by atoms with Gasteiger partial charge in [0, 0.05) is 5.75 Å². The number of hydrogen-bond acceptors (Lipinski definition) is 4. The average Bonchev–Trinajstić information content (AvgIpc) is 2.38. The summed E-state index contributed by atoms with van der Waals surface area (Å²) in [6.07, 6.45) is 0. The molecule has 0 saturated heterocycles. The van der Waals surface area contributed by atoms with E-state index in [0.717, 1.165) is 5.75 Å². The first-order valence-electron chi connectivity index (χ1n) is 3.07. The van der Waals surface area contributed by atoms with E-state index in [1.54, 1.807) is 6.92 Å². The Morgan fingerprint density at radius 1 is 1.70 bits per heavy atom. The fourth-order valence-corrected chi connectivity index (χ4v) is 3.02. The maximum absolute atomic E-state index is 11.0. The molecule has 58 valence electrons. The summed E-state index contributed by atoms with van der Waals surface area (Å²) in [5.41, 5.74) is 0. The highest BCUT2D eigenvalue weighted by molar-refractivity contribution is 8.35. The van der Waals surface area contributed by atoms with Crippen LogP contribution in [0.15, 0.2) is 4.99 Å². The summed E-state index contributed by atoms with van der Waals surface area (Å²) in [5.74, 6) is 0.980. The molecule has 10 heavy (non-hydrogen) atoms. The minimum atomic E-state index is -2.98. The first kappa shape index (κ1) is 8.07. The Balaban J connectivity index is 2.83. The molecule has 0 unspecified atom stereocenters. The molecule has 0 bridgehead atoms. The van der Waals surface area contributed by atoms with Gasteiger partial charge in [-0.25, -0.2) is 8.42 Å². The van der Waals surface area contributed by atoms with Crippen LogP contribution in [-0.4, -0.2) is 30.8 Å². The molecule has 1 aliphatic rings. The molecule has 0 saturated carbocycles. The van der Waals surface area contributed by atoms with Crippen LogP contribution in [-0.2, 0) is 9.84 Å². The highest BCUT2D eigenvalue weighted by Crippen LogP contribution is 2.16. The predicted octanol–water partition coefficient (Wildman–Crippen LogP) is 0.524. The van der Waals surface area contributed by atoms with E-state index in [4.69, 9.17) is 0 Å². The molecule has 0 amide bonds. The molecule has 0 atom stereocenters. The summed E-state index contributed by atoms with van der Waals surface area (Å²) >= 11 is 1.34. The SMILES string of the molecule is CCS(=O)(=O)C1=NCCS1. The number of aliphatic imine (C=N–C) groups is 1. The van der Waals surface area contributed by atoms with E-state index in [0.29, 0.717) is 10.9 Å². The Bertz CT molecular complexity index is 242. The normalized spacial score (nSPS) is 19.1. The van der Waals surface area contributed by atoms with Gasteiger partial charge in [-0.15, -0.1) is 0 Å². The lowest BCUT2D eigenvalue weighted by Crippen LogP contribution is -2.11. The van der Waals surface area contributed by atoms with Crippen LogP contribution in [0.25, 0.3) is 0 Å². The fraction of sp³-hybridized carbons (Fsp3) is 0.800. The van der Waals surface area contributed by atoms with Crippen molar-refractivity contribution in [2.45, 2.75) is 6.92 Å². The van der Waals surface area contributed by atoms with Crippen molar-refractivity contribution in [1.29, 1.82) is 0 Å². The van der Waals surface area contributed by atoms with Gasteiger partial charge in [0.2, 0.25) is 9.84 Å². The molecule has 0 fully saturated rings. The van der Waals surface area contributed by atoms with Crippen LogP contribution in [0.2, 0.25) is 0 Å². The van der Waals surface area contributed by atoms with Crippen LogP contribution < -0.4 is 0 Å². The summed E-state index contributed by atoms with van der Waals surface area (Å²) in [4.78, 5) is 3.87. The summed E-state index contributed by atoms with van der Waals surface area (Å²) < 4.78 is 22.4. The zero-order valence-electron chi connectivity index (χ0n) is 5.70. The molecule has 0 aromatic rings. The van der Waals surface area contributed by atoms with Crippen LogP contribution in [0.3, 0.4) is 0 Å². The molecular formula is C5H9NO2S2. The smallest absolute Gasteiger partial charge is 0.201 e. The van der Waals surface area contributed by atoms with Gasteiger partial charge in [-0.3, -0.25) is 4.99 Å². The third-order valence-corrected chi connectivity index (χ3v) is 4.50. The van der Waals surface area contributed by atoms with E-state index in [-0.39, 0.29) is 5.75 Å².